The first-order chi connectivity index (χ1) is 5.24. The lowest BCUT2D eigenvalue weighted by Crippen LogP contribution is -2.28. The van der Waals surface area contributed by atoms with Gasteiger partial charge in [0.15, 0.2) is 0 Å². The fourth-order valence-corrected chi connectivity index (χ4v) is 1.48. The molecule has 0 radical (unpaired) electrons. The predicted octanol–water partition coefficient (Wildman–Crippen LogP) is 0.200. The predicted molar refractivity (Wildman–Crippen MR) is 42.5 cm³/mol. The number of Topliss-reactive ketones (excluding diaryl/α,β-unsaturated/α-hetero) is 1. The number of hydrogen-bond acceptors (Lipinski definition) is 3. The van der Waals surface area contributed by atoms with E-state index in [1.807, 2.05) is 0 Å². The van der Waals surface area contributed by atoms with Gasteiger partial charge in [0.2, 0.25) is 0 Å². The van der Waals surface area contributed by atoms with Gasteiger partial charge in [-0.1, -0.05) is 0 Å². The van der Waals surface area contributed by atoms with Gasteiger partial charge in [-0.25, -0.2) is 0 Å². The van der Waals surface area contributed by atoms with Crippen LogP contribution in [-0.2, 0) is 9.53 Å². The number of carbonyl (C=O) groups is 1. The van der Waals surface area contributed by atoms with Crippen LogP contribution >= 0.6 is 0 Å². The summed E-state index contributed by atoms with van der Waals surface area (Å²) in [5.41, 5.74) is 0. The van der Waals surface area contributed by atoms with Crippen molar-refractivity contribution in [2.24, 2.45) is 5.92 Å². The Bertz CT molecular complexity index is 147. The molecule has 1 heterocycles. The Hall–Kier alpha value is -0.410. The molecular weight excluding hydrogens is 142 g/mol. The van der Waals surface area contributed by atoms with Crippen molar-refractivity contribution < 1.29 is 9.53 Å². The number of carbonyl (C=O) groups excluding carboxylic acids is 1. The molecule has 64 valence electrons. The molecule has 1 fully saturated rings. The van der Waals surface area contributed by atoms with Gasteiger partial charge in [0, 0.05) is 13.7 Å². The molecule has 0 aliphatic carbocycles. The van der Waals surface area contributed by atoms with Crippen LogP contribution in [0.2, 0.25) is 0 Å². The highest BCUT2D eigenvalue weighted by Gasteiger charge is 2.26. The largest absolute Gasteiger partial charge is 0.384 e. The average Bonchev–Trinajstić information content (AvgIpc) is 2.37. The lowest BCUT2D eigenvalue weighted by Gasteiger charge is -2.05. The summed E-state index contributed by atoms with van der Waals surface area (Å²) in [6.07, 6.45) is 0.934. The third kappa shape index (κ3) is 2.27. The van der Waals surface area contributed by atoms with Gasteiger partial charge in [0.05, 0.1) is 12.6 Å². The molecule has 0 aromatic carbocycles. The fourth-order valence-electron chi connectivity index (χ4n) is 1.48. The van der Waals surface area contributed by atoms with E-state index in [4.69, 9.17) is 4.74 Å². The number of rotatable bonds is 3. The summed E-state index contributed by atoms with van der Waals surface area (Å²) in [7, 11) is 1.70. The Morgan fingerprint density at radius 3 is 2.91 bits per heavy atom. The standard InChI is InChI=1S/C8H15NO2/c1-6(10)8-3-7(4-9-8)5-11-2/h7-9H,3-5H2,1-2H3/t7-,8-/m0/s1. The third-order valence-corrected chi connectivity index (χ3v) is 2.12. The van der Waals surface area contributed by atoms with Crippen LogP contribution in [0.3, 0.4) is 0 Å². The van der Waals surface area contributed by atoms with Crippen LogP contribution in [0.4, 0.5) is 0 Å². The average molecular weight is 157 g/mol. The highest BCUT2D eigenvalue weighted by atomic mass is 16.5. The summed E-state index contributed by atoms with van der Waals surface area (Å²) in [6, 6.07) is 0.0788. The minimum Gasteiger partial charge on any atom is -0.384 e. The third-order valence-electron chi connectivity index (χ3n) is 2.12. The zero-order chi connectivity index (χ0) is 8.27. The second-order valence-electron chi connectivity index (χ2n) is 3.13. The second-order valence-corrected chi connectivity index (χ2v) is 3.13. The molecule has 3 nitrogen and oxygen atoms in total. The van der Waals surface area contributed by atoms with E-state index in [-0.39, 0.29) is 11.8 Å². The molecule has 1 rings (SSSR count). The summed E-state index contributed by atoms with van der Waals surface area (Å²) in [4.78, 5) is 10.9. The van der Waals surface area contributed by atoms with Crippen molar-refractivity contribution in [1.29, 1.82) is 0 Å². The molecule has 0 spiro atoms. The van der Waals surface area contributed by atoms with Gasteiger partial charge >= 0.3 is 0 Å². The lowest BCUT2D eigenvalue weighted by atomic mass is 10.1. The Labute approximate surface area is 67.1 Å². The number of ether oxygens (including phenoxy) is 1. The van der Waals surface area contributed by atoms with Gasteiger partial charge in [-0.2, -0.15) is 0 Å². The summed E-state index contributed by atoms with van der Waals surface area (Å²) in [5.74, 6) is 0.762. The molecule has 1 aliphatic rings. The van der Waals surface area contributed by atoms with Gasteiger partial charge in [0.25, 0.3) is 0 Å². The Morgan fingerprint density at radius 1 is 1.73 bits per heavy atom. The van der Waals surface area contributed by atoms with E-state index in [2.05, 4.69) is 5.32 Å². The van der Waals surface area contributed by atoms with Crippen molar-refractivity contribution in [3.8, 4) is 0 Å². The number of nitrogens with one attached hydrogen (secondary N) is 1. The van der Waals surface area contributed by atoms with E-state index in [9.17, 15) is 4.79 Å². The first-order valence-corrected chi connectivity index (χ1v) is 3.96. The lowest BCUT2D eigenvalue weighted by molar-refractivity contribution is -0.118. The maximum Gasteiger partial charge on any atom is 0.146 e. The van der Waals surface area contributed by atoms with Crippen LogP contribution in [0.15, 0.2) is 0 Å². The van der Waals surface area contributed by atoms with E-state index in [0.717, 1.165) is 19.6 Å². The maximum atomic E-state index is 10.9. The number of methoxy groups -OCH3 is 1. The summed E-state index contributed by atoms with van der Waals surface area (Å²) >= 11 is 0. The monoisotopic (exact) mass is 157 g/mol. The number of hydrogen-bond donors (Lipinski definition) is 1. The molecule has 0 unspecified atom stereocenters. The zero-order valence-corrected chi connectivity index (χ0v) is 7.09. The maximum absolute atomic E-state index is 10.9. The molecule has 1 N–H and O–H groups in total. The smallest absolute Gasteiger partial charge is 0.146 e. The van der Waals surface area contributed by atoms with E-state index in [1.54, 1.807) is 14.0 Å². The Kier molecular flexibility index (Phi) is 3.02. The molecule has 1 saturated heterocycles. The molecule has 2 atom stereocenters. The summed E-state index contributed by atoms with van der Waals surface area (Å²) in [6.45, 7) is 3.31. The summed E-state index contributed by atoms with van der Waals surface area (Å²) < 4.78 is 5.00. The SMILES string of the molecule is COC[C@@H]1CN[C@H](C(C)=O)C1. The molecule has 0 bridgehead atoms. The fraction of sp³-hybridized carbons (Fsp3) is 0.875. The normalized spacial score (nSPS) is 30.7. The molecule has 3 heteroatoms. The van der Waals surface area contributed by atoms with Gasteiger partial charge in [-0.3, -0.25) is 4.79 Å². The van der Waals surface area contributed by atoms with Crippen molar-refractivity contribution in [1.82, 2.24) is 5.32 Å². The minimum atomic E-state index is 0.0788. The topological polar surface area (TPSA) is 38.3 Å². The molecule has 0 aromatic rings. The second kappa shape index (κ2) is 3.83. The van der Waals surface area contributed by atoms with Crippen LogP contribution in [0.25, 0.3) is 0 Å². The van der Waals surface area contributed by atoms with E-state index < -0.39 is 0 Å². The summed E-state index contributed by atoms with van der Waals surface area (Å²) in [5, 5.41) is 3.16. The van der Waals surface area contributed by atoms with E-state index in [1.165, 1.54) is 0 Å². The van der Waals surface area contributed by atoms with Crippen molar-refractivity contribution in [2.45, 2.75) is 19.4 Å². The Morgan fingerprint density at radius 2 is 2.45 bits per heavy atom. The van der Waals surface area contributed by atoms with Crippen LogP contribution in [-0.4, -0.2) is 32.1 Å². The molecule has 1 aliphatic heterocycles. The highest BCUT2D eigenvalue weighted by molar-refractivity contribution is 5.81. The van der Waals surface area contributed by atoms with Crippen LogP contribution in [0.5, 0.6) is 0 Å². The van der Waals surface area contributed by atoms with E-state index >= 15 is 0 Å². The van der Waals surface area contributed by atoms with Gasteiger partial charge in [0.1, 0.15) is 5.78 Å². The van der Waals surface area contributed by atoms with Crippen LogP contribution in [0, 0.1) is 5.92 Å². The quantitative estimate of drug-likeness (QED) is 0.636. The van der Waals surface area contributed by atoms with E-state index in [0.29, 0.717) is 5.92 Å². The van der Waals surface area contributed by atoms with Crippen molar-refractivity contribution in [3.05, 3.63) is 0 Å². The highest BCUT2D eigenvalue weighted by Crippen LogP contribution is 2.14. The van der Waals surface area contributed by atoms with Gasteiger partial charge < -0.3 is 10.1 Å². The Balaban J connectivity index is 2.29. The zero-order valence-electron chi connectivity index (χ0n) is 7.09. The van der Waals surface area contributed by atoms with Crippen molar-refractivity contribution in [2.75, 3.05) is 20.3 Å². The van der Waals surface area contributed by atoms with Crippen molar-refractivity contribution in [3.63, 3.8) is 0 Å². The van der Waals surface area contributed by atoms with Gasteiger partial charge in [-0.05, 0) is 19.3 Å². The first kappa shape index (κ1) is 8.68. The molecular formula is C8H15NO2. The molecule has 0 aromatic heterocycles. The first-order valence-electron chi connectivity index (χ1n) is 3.96. The molecule has 0 amide bonds. The van der Waals surface area contributed by atoms with Gasteiger partial charge in [-0.15, -0.1) is 0 Å². The number of ketones is 1. The van der Waals surface area contributed by atoms with Crippen molar-refractivity contribution >= 4 is 5.78 Å². The van der Waals surface area contributed by atoms with Crippen LogP contribution in [0.1, 0.15) is 13.3 Å². The minimum absolute atomic E-state index is 0.0788. The molecule has 0 saturated carbocycles. The molecule has 11 heavy (non-hydrogen) atoms. The van der Waals surface area contributed by atoms with Crippen LogP contribution < -0.4 is 5.32 Å².